The lowest BCUT2D eigenvalue weighted by Crippen LogP contribution is -2.00. The third kappa shape index (κ3) is 7.33. The number of carboxylic acids is 1. The molecule has 24 heavy (non-hydrogen) atoms. The SMILES string of the molecule is C/C(F)=C\C(F)=C=C/C=C/CO/N=C(\C)c1ccc(C(=O)O)cc1. The summed E-state index contributed by atoms with van der Waals surface area (Å²) >= 11 is 0. The Balaban J connectivity index is 2.52. The van der Waals surface area contributed by atoms with E-state index < -0.39 is 17.6 Å². The van der Waals surface area contributed by atoms with Gasteiger partial charge in [0.25, 0.3) is 0 Å². The van der Waals surface area contributed by atoms with E-state index in [9.17, 15) is 13.6 Å². The van der Waals surface area contributed by atoms with Gasteiger partial charge in [0.2, 0.25) is 0 Å². The number of benzene rings is 1. The Hall–Kier alpha value is -2.98. The highest BCUT2D eigenvalue weighted by Gasteiger charge is 2.03. The summed E-state index contributed by atoms with van der Waals surface area (Å²) in [5, 5.41) is 12.7. The molecule has 0 aliphatic heterocycles. The van der Waals surface area contributed by atoms with Crippen molar-refractivity contribution in [3.05, 3.63) is 77.1 Å². The number of hydrogen-bond acceptors (Lipinski definition) is 3. The highest BCUT2D eigenvalue weighted by atomic mass is 19.1. The Kier molecular flexibility index (Phi) is 7.88. The molecule has 0 saturated heterocycles. The van der Waals surface area contributed by atoms with Crippen LogP contribution < -0.4 is 0 Å². The van der Waals surface area contributed by atoms with Gasteiger partial charge >= 0.3 is 5.97 Å². The zero-order valence-electron chi connectivity index (χ0n) is 13.3. The second-order valence-electron chi connectivity index (χ2n) is 4.67. The summed E-state index contributed by atoms with van der Waals surface area (Å²) in [6, 6.07) is 6.24. The van der Waals surface area contributed by atoms with Crippen molar-refractivity contribution < 1.29 is 23.5 Å². The molecule has 0 spiro atoms. The molecule has 0 bridgehead atoms. The molecule has 0 aromatic heterocycles. The maximum atomic E-state index is 12.9. The van der Waals surface area contributed by atoms with Crippen LogP contribution in [0.5, 0.6) is 0 Å². The van der Waals surface area contributed by atoms with Gasteiger partial charge in [-0.3, -0.25) is 0 Å². The predicted octanol–water partition coefficient (Wildman–Crippen LogP) is 4.56. The van der Waals surface area contributed by atoms with Gasteiger partial charge in [-0.1, -0.05) is 29.1 Å². The van der Waals surface area contributed by atoms with Gasteiger partial charge in [-0.2, -0.15) is 4.39 Å². The van der Waals surface area contributed by atoms with Crippen molar-refractivity contribution in [2.75, 3.05) is 6.61 Å². The Morgan fingerprint density at radius 2 is 1.88 bits per heavy atom. The fourth-order valence-electron chi connectivity index (χ4n) is 1.55. The molecule has 0 aliphatic carbocycles. The topological polar surface area (TPSA) is 58.9 Å². The van der Waals surface area contributed by atoms with E-state index >= 15 is 0 Å². The van der Waals surface area contributed by atoms with Crippen molar-refractivity contribution in [2.45, 2.75) is 13.8 Å². The third-order valence-electron chi connectivity index (χ3n) is 2.70. The first-order valence-electron chi connectivity index (χ1n) is 7.01. The Labute approximate surface area is 138 Å². The van der Waals surface area contributed by atoms with Crippen LogP contribution in [0.15, 0.2) is 71.1 Å². The number of oxime groups is 1. The molecule has 0 radical (unpaired) electrons. The first-order chi connectivity index (χ1) is 11.4. The first kappa shape index (κ1) is 19.1. The Morgan fingerprint density at radius 3 is 2.46 bits per heavy atom. The summed E-state index contributed by atoms with van der Waals surface area (Å²) in [6.45, 7) is 3.02. The molecule has 6 heteroatoms. The van der Waals surface area contributed by atoms with Gasteiger partial charge in [-0.15, -0.1) is 0 Å². The largest absolute Gasteiger partial charge is 0.478 e. The normalized spacial score (nSPS) is 12.0. The summed E-state index contributed by atoms with van der Waals surface area (Å²) in [7, 11) is 0. The van der Waals surface area contributed by atoms with Gasteiger partial charge < -0.3 is 9.94 Å². The van der Waals surface area contributed by atoms with Crippen LogP contribution in [-0.2, 0) is 4.84 Å². The van der Waals surface area contributed by atoms with E-state index in [0.717, 1.165) is 18.6 Å². The third-order valence-corrected chi connectivity index (χ3v) is 2.70. The summed E-state index contributed by atoms with van der Waals surface area (Å²) in [5.41, 5.74) is 3.76. The maximum absolute atomic E-state index is 12.9. The molecule has 4 nitrogen and oxygen atoms in total. The van der Waals surface area contributed by atoms with E-state index in [0.29, 0.717) is 5.71 Å². The van der Waals surface area contributed by atoms with Crippen LogP contribution in [0.25, 0.3) is 0 Å². The monoisotopic (exact) mass is 333 g/mol. The average Bonchev–Trinajstić information content (AvgIpc) is 2.53. The van der Waals surface area contributed by atoms with Gasteiger partial charge in [0, 0.05) is 6.08 Å². The van der Waals surface area contributed by atoms with Crippen LogP contribution >= 0.6 is 0 Å². The fourth-order valence-corrected chi connectivity index (χ4v) is 1.55. The summed E-state index contributed by atoms with van der Waals surface area (Å²) in [5.74, 6) is -2.44. The molecule has 1 aromatic rings. The van der Waals surface area contributed by atoms with Crippen molar-refractivity contribution in [2.24, 2.45) is 5.16 Å². The molecule has 0 unspecified atom stereocenters. The van der Waals surface area contributed by atoms with Crippen molar-refractivity contribution >= 4 is 11.7 Å². The van der Waals surface area contributed by atoms with Crippen LogP contribution in [0.2, 0.25) is 0 Å². The molecule has 0 aliphatic rings. The van der Waals surface area contributed by atoms with Crippen LogP contribution in [0.3, 0.4) is 0 Å². The molecule has 126 valence electrons. The standard InChI is InChI=1S/C18H17F2NO3/c1-13(19)12-17(20)6-4-3-5-11-24-21-14(2)15-7-9-16(10-8-15)18(22)23/h3-5,7-10,12H,11H2,1-2H3,(H,22,23)/b5-3+,13-12+,21-14+. The van der Waals surface area contributed by atoms with E-state index in [1.54, 1.807) is 25.1 Å². The van der Waals surface area contributed by atoms with E-state index in [2.05, 4.69) is 10.9 Å². The van der Waals surface area contributed by atoms with Gasteiger partial charge in [0.05, 0.1) is 11.3 Å². The highest BCUT2D eigenvalue weighted by molar-refractivity contribution is 5.99. The lowest BCUT2D eigenvalue weighted by molar-refractivity contribution is 0.0697. The van der Waals surface area contributed by atoms with Crippen molar-refractivity contribution in [1.82, 2.24) is 0 Å². The molecule has 0 amide bonds. The number of hydrogen-bond donors (Lipinski definition) is 1. The molecular weight excluding hydrogens is 316 g/mol. The fraction of sp³-hybridized carbons (Fsp3) is 0.167. The minimum Gasteiger partial charge on any atom is -0.478 e. The van der Waals surface area contributed by atoms with Crippen LogP contribution in [0.4, 0.5) is 8.78 Å². The van der Waals surface area contributed by atoms with E-state index in [1.165, 1.54) is 24.3 Å². The van der Waals surface area contributed by atoms with Crippen molar-refractivity contribution in [3.63, 3.8) is 0 Å². The molecule has 0 saturated carbocycles. The number of halogens is 2. The Morgan fingerprint density at radius 1 is 1.25 bits per heavy atom. The molecule has 0 heterocycles. The molecule has 1 N–H and O–H groups in total. The minimum atomic E-state index is -0.992. The predicted molar refractivity (Wildman–Crippen MR) is 88.3 cm³/mol. The second kappa shape index (κ2) is 9.92. The van der Waals surface area contributed by atoms with Crippen LogP contribution in [0.1, 0.15) is 29.8 Å². The lowest BCUT2D eigenvalue weighted by Gasteiger charge is -2.01. The van der Waals surface area contributed by atoms with E-state index in [1.807, 2.05) is 0 Å². The van der Waals surface area contributed by atoms with Crippen molar-refractivity contribution in [3.8, 4) is 0 Å². The average molecular weight is 333 g/mol. The van der Waals surface area contributed by atoms with Crippen LogP contribution in [0, 0.1) is 0 Å². The number of carbonyl (C=O) groups is 1. The van der Waals surface area contributed by atoms with E-state index in [-0.39, 0.29) is 12.2 Å². The number of rotatable bonds is 7. The zero-order chi connectivity index (χ0) is 17.9. The molecule has 1 aromatic carbocycles. The summed E-state index contributed by atoms with van der Waals surface area (Å²) in [4.78, 5) is 15.8. The highest BCUT2D eigenvalue weighted by Crippen LogP contribution is 2.06. The smallest absolute Gasteiger partial charge is 0.335 e. The molecular formula is C18H17F2NO3. The van der Waals surface area contributed by atoms with Crippen molar-refractivity contribution in [1.29, 1.82) is 0 Å². The number of nitrogens with zero attached hydrogens (tertiary/aromatic N) is 1. The number of aromatic carboxylic acids is 1. The second-order valence-corrected chi connectivity index (χ2v) is 4.67. The van der Waals surface area contributed by atoms with Gasteiger partial charge in [0.15, 0.2) is 5.83 Å². The van der Waals surface area contributed by atoms with Gasteiger partial charge in [0.1, 0.15) is 12.4 Å². The zero-order valence-corrected chi connectivity index (χ0v) is 13.3. The van der Waals surface area contributed by atoms with Crippen LogP contribution in [-0.4, -0.2) is 23.4 Å². The minimum absolute atomic E-state index is 0.155. The molecule has 1 rings (SSSR count). The van der Waals surface area contributed by atoms with E-state index in [4.69, 9.17) is 9.94 Å². The summed E-state index contributed by atoms with van der Waals surface area (Å²) in [6.07, 6.45) is 5.09. The lowest BCUT2D eigenvalue weighted by atomic mass is 10.1. The Bertz CT molecular complexity index is 721. The van der Waals surface area contributed by atoms with Gasteiger partial charge in [-0.05, 0) is 43.7 Å². The number of carboxylic acid groups (broad SMARTS) is 1. The van der Waals surface area contributed by atoms with Gasteiger partial charge in [-0.25, -0.2) is 9.18 Å². The summed E-state index contributed by atoms with van der Waals surface area (Å²) < 4.78 is 25.3. The quantitative estimate of drug-likeness (QED) is 0.261. The number of allylic oxidation sites excluding steroid dienone is 4. The first-order valence-corrected chi connectivity index (χ1v) is 7.01. The molecule has 0 fully saturated rings. The molecule has 0 atom stereocenters. The maximum Gasteiger partial charge on any atom is 0.335 e.